The van der Waals surface area contributed by atoms with Gasteiger partial charge in [-0.2, -0.15) is 0 Å². The first kappa shape index (κ1) is 6.32. The van der Waals surface area contributed by atoms with Crippen molar-refractivity contribution in [2.45, 2.75) is 13.8 Å². The highest BCUT2D eigenvalue weighted by Crippen LogP contribution is 1.58. The van der Waals surface area contributed by atoms with Gasteiger partial charge in [0.2, 0.25) is 0 Å². The topological polar surface area (TPSA) is 12.0 Å². The van der Waals surface area contributed by atoms with Crippen LogP contribution in [0.25, 0.3) is 0 Å². The van der Waals surface area contributed by atoms with Gasteiger partial charge >= 0.3 is 0 Å². The van der Waals surface area contributed by atoms with Gasteiger partial charge in [-0.25, -0.2) is 0 Å². The SMILES string of the molecule is CC=C=CNCC. The van der Waals surface area contributed by atoms with Crippen LogP contribution in [-0.4, -0.2) is 6.54 Å². The summed E-state index contributed by atoms with van der Waals surface area (Å²) in [6.45, 7) is 4.96. The Hall–Kier alpha value is -0.680. The highest BCUT2D eigenvalue weighted by molar-refractivity contribution is 4.78. The second kappa shape index (κ2) is 5.32. The van der Waals surface area contributed by atoms with Crippen LogP contribution in [0.3, 0.4) is 0 Å². The van der Waals surface area contributed by atoms with Crippen molar-refractivity contribution in [1.29, 1.82) is 0 Å². The molecule has 0 rings (SSSR count). The first-order chi connectivity index (χ1) is 3.41. The lowest BCUT2D eigenvalue weighted by Gasteiger charge is -1.83. The quantitative estimate of drug-likeness (QED) is 0.512. The van der Waals surface area contributed by atoms with Crippen molar-refractivity contribution in [3.8, 4) is 0 Å². The molecule has 1 nitrogen and oxygen atoms in total. The monoisotopic (exact) mass is 97.1 g/mol. The van der Waals surface area contributed by atoms with E-state index >= 15 is 0 Å². The molecule has 0 radical (unpaired) electrons. The molecule has 0 aromatic rings. The van der Waals surface area contributed by atoms with E-state index in [2.05, 4.69) is 11.0 Å². The van der Waals surface area contributed by atoms with Crippen molar-refractivity contribution in [1.82, 2.24) is 5.32 Å². The molecular formula is C6H11N. The molecule has 0 bridgehead atoms. The van der Waals surface area contributed by atoms with Crippen LogP contribution >= 0.6 is 0 Å². The number of rotatable bonds is 2. The summed E-state index contributed by atoms with van der Waals surface area (Å²) in [5, 5.41) is 2.98. The molecule has 0 saturated heterocycles. The summed E-state index contributed by atoms with van der Waals surface area (Å²) < 4.78 is 0. The van der Waals surface area contributed by atoms with Gasteiger partial charge in [0.15, 0.2) is 0 Å². The predicted molar refractivity (Wildman–Crippen MR) is 32.0 cm³/mol. The van der Waals surface area contributed by atoms with Crippen LogP contribution < -0.4 is 5.32 Å². The van der Waals surface area contributed by atoms with Gasteiger partial charge in [-0.3, -0.25) is 0 Å². The van der Waals surface area contributed by atoms with Gasteiger partial charge in [-0.15, -0.1) is 5.73 Å². The molecule has 40 valence electrons. The summed E-state index contributed by atoms with van der Waals surface area (Å²) in [6.07, 6.45) is 3.67. The van der Waals surface area contributed by atoms with Gasteiger partial charge in [-0.05, 0) is 19.9 Å². The maximum Gasteiger partial charge on any atom is 0.0394 e. The van der Waals surface area contributed by atoms with Crippen molar-refractivity contribution in [2.75, 3.05) is 6.54 Å². The minimum absolute atomic E-state index is 0.973. The molecule has 0 aromatic carbocycles. The molecule has 0 aliphatic heterocycles. The maximum absolute atomic E-state index is 2.98. The first-order valence-corrected chi connectivity index (χ1v) is 2.50. The van der Waals surface area contributed by atoms with E-state index in [1.165, 1.54) is 0 Å². The lowest BCUT2D eigenvalue weighted by Crippen LogP contribution is -2.00. The van der Waals surface area contributed by atoms with E-state index in [1.807, 2.05) is 19.9 Å². The molecule has 0 fully saturated rings. The van der Waals surface area contributed by atoms with E-state index < -0.39 is 0 Å². The van der Waals surface area contributed by atoms with Crippen molar-refractivity contribution in [3.63, 3.8) is 0 Å². The number of hydrogen-bond acceptors (Lipinski definition) is 1. The lowest BCUT2D eigenvalue weighted by atomic mass is 10.6. The smallest absolute Gasteiger partial charge is 0.0394 e. The molecule has 0 aromatic heterocycles. The summed E-state index contributed by atoms with van der Waals surface area (Å²) in [7, 11) is 0. The van der Waals surface area contributed by atoms with Crippen LogP contribution in [0.2, 0.25) is 0 Å². The molecule has 7 heavy (non-hydrogen) atoms. The van der Waals surface area contributed by atoms with Gasteiger partial charge in [-0.1, -0.05) is 0 Å². The third-order valence-corrected chi connectivity index (χ3v) is 0.556. The lowest BCUT2D eigenvalue weighted by molar-refractivity contribution is 0.921. The van der Waals surface area contributed by atoms with Crippen molar-refractivity contribution >= 4 is 0 Å². The number of hydrogen-bond donors (Lipinski definition) is 1. The second-order valence-corrected chi connectivity index (χ2v) is 1.16. The predicted octanol–water partition coefficient (Wildman–Crippen LogP) is 1.28. The zero-order chi connectivity index (χ0) is 5.54. The van der Waals surface area contributed by atoms with E-state index in [0.717, 1.165) is 6.54 Å². The average Bonchev–Trinajstić information content (AvgIpc) is 1.69. The van der Waals surface area contributed by atoms with Crippen molar-refractivity contribution < 1.29 is 0 Å². The Balaban J connectivity index is 3.10. The molecule has 0 amide bonds. The minimum Gasteiger partial charge on any atom is -0.385 e. The molecule has 0 atom stereocenters. The van der Waals surface area contributed by atoms with Gasteiger partial charge < -0.3 is 5.32 Å². The fourth-order valence-electron chi connectivity index (χ4n) is 0.244. The Morgan fingerprint density at radius 1 is 1.71 bits per heavy atom. The molecule has 0 heterocycles. The summed E-state index contributed by atoms with van der Waals surface area (Å²) in [6, 6.07) is 0. The summed E-state index contributed by atoms with van der Waals surface area (Å²) >= 11 is 0. The van der Waals surface area contributed by atoms with Crippen LogP contribution in [0.5, 0.6) is 0 Å². The normalized spacial score (nSPS) is 6.57. The average molecular weight is 97.2 g/mol. The fourth-order valence-corrected chi connectivity index (χ4v) is 0.244. The largest absolute Gasteiger partial charge is 0.385 e. The molecule has 0 aliphatic carbocycles. The van der Waals surface area contributed by atoms with E-state index in [9.17, 15) is 0 Å². The fraction of sp³-hybridized carbons (Fsp3) is 0.500. The summed E-state index contributed by atoms with van der Waals surface area (Å²) in [5.41, 5.74) is 2.89. The van der Waals surface area contributed by atoms with Crippen LogP contribution in [0.1, 0.15) is 13.8 Å². The Kier molecular flexibility index (Phi) is 4.80. The highest BCUT2D eigenvalue weighted by atomic mass is 14.8. The second-order valence-electron chi connectivity index (χ2n) is 1.16. The molecule has 1 N–H and O–H groups in total. The maximum atomic E-state index is 2.98. The zero-order valence-corrected chi connectivity index (χ0v) is 4.86. The molecule has 0 saturated carbocycles. The van der Waals surface area contributed by atoms with E-state index in [-0.39, 0.29) is 0 Å². The molecule has 1 heteroatoms. The molecule has 0 aliphatic rings. The van der Waals surface area contributed by atoms with E-state index in [1.54, 1.807) is 6.20 Å². The van der Waals surface area contributed by atoms with Gasteiger partial charge in [0.05, 0.1) is 0 Å². The van der Waals surface area contributed by atoms with E-state index in [0.29, 0.717) is 0 Å². The first-order valence-electron chi connectivity index (χ1n) is 2.50. The molecule has 0 spiro atoms. The summed E-state index contributed by atoms with van der Waals surface area (Å²) in [4.78, 5) is 0. The van der Waals surface area contributed by atoms with Crippen molar-refractivity contribution in [2.24, 2.45) is 0 Å². The van der Waals surface area contributed by atoms with Crippen LogP contribution in [-0.2, 0) is 0 Å². The zero-order valence-electron chi connectivity index (χ0n) is 4.86. The van der Waals surface area contributed by atoms with Crippen molar-refractivity contribution in [3.05, 3.63) is 18.0 Å². The van der Waals surface area contributed by atoms with Crippen LogP contribution in [0.4, 0.5) is 0 Å². The number of nitrogens with one attached hydrogen (secondary N) is 1. The Labute approximate surface area is 44.7 Å². The minimum atomic E-state index is 0.973. The van der Waals surface area contributed by atoms with Gasteiger partial charge in [0, 0.05) is 12.7 Å². The standard InChI is InChI=1S/C6H11N/c1-3-5-6-7-4-2/h3,6-7H,4H2,1-2H3. The highest BCUT2D eigenvalue weighted by Gasteiger charge is 1.58. The third kappa shape index (κ3) is 5.32. The Bertz CT molecular complexity index is 78.2. The van der Waals surface area contributed by atoms with Crippen LogP contribution in [0.15, 0.2) is 18.0 Å². The van der Waals surface area contributed by atoms with Gasteiger partial charge in [0.1, 0.15) is 0 Å². The van der Waals surface area contributed by atoms with Crippen LogP contribution in [0, 0.1) is 0 Å². The Morgan fingerprint density at radius 3 is 2.86 bits per heavy atom. The molecule has 0 unspecified atom stereocenters. The van der Waals surface area contributed by atoms with Gasteiger partial charge in [0.25, 0.3) is 0 Å². The third-order valence-electron chi connectivity index (χ3n) is 0.556. The van der Waals surface area contributed by atoms with E-state index in [4.69, 9.17) is 0 Å². The summed E-state index contributed by atoms with van der Waals surface area (Å²) in [5.74, 6) is 0. The number of allylic oxidation sites excluding steroid dienone is 1. The molecular weight excluding hydrogens is 86.1 g/mol. The Morgan fingerprint density at radius 2 is 2.43 bits per heavy atom.